The smallest absolute Gasteiger partial charge is 0.244 e. The Labute approximate surface area is 212 Å². The molecule has 0 saturated heterocycles. The first-order valence-corrected chi connectivity index (χ1v) is 13.3. The van der Waals surface area contributed by atoms with Crippen LogP contribution in [0.5, 0.6) is 11.5 Å². The number of anilines is 1. The summed E-state index contributed by atoms with van der Waals surface area (Å²) in [6.07, 6.45) is 1.74. The van der Waals surface area contributed by atoms with Gasteiger partial charge in [-0.15, -0.1) is 0 Å². The van der Waals surface area contributed by atoms with E-state index in [0.717, 1.165) is 22.5 Å². The lowest BCUT2D eigenvalue weighted by atomic mass is 10.1. The summed E-state index contributed by atoms with van der Waals surface area (Å²) in [6, 6.07) is 10.7. The van der Waals surface area contributed by atoms with Gasteiger partial charge >= 0.3 is 0 Å². The summed E-state index contributed by atoms with van der Waals surface area (Å²) in [4.78, 5) is 27.6. The molecule has 0 aliphatic rings. The second-order valence-electron chi connectivity index (χ2n) is 7.93. The van der Waals surface area contributed by atoms with Gasteiger partial charge in [-0.25, -0.2) is 8.42 Å². The molecule has 0 heterocycles. The highest BCUT2D eigenvalue weighted by atomic mass is 35.5. The Hall–Kier alpha value is -2.98. The van der Waals surface area contributed by atoms with Gasteiger partial charge in [0.05, 0.1) is 31.2 Å². The van der Waals surface area contributed by atoms with Crippen molar-refractivity contribution in [2.75, 3.05) is 37.9 Å². The minimum atomic E-state index is -3.86. The summed E-state index contributed by atoms with van der Waals surface area (Å²) in [5.74, 6) is 0.155. The standard InChI is InChI=1S/C24H32ClN3O6S/c1-6-13-26-24(30)17(2)27(15-18-7-10-20(33-3)11-8-18)23(29)16-28(35(5,31)32)19-9-12-22(34-4)21(25)14-19/h7-12,14,17H,6,13,15-16H2,1-5H3,(H,26,30)/t17-/m1/s1. The number of sulfonamides is 1. The maximum atomic E-state index is 13.5. The van der Waals surface area contributed by atoms with Crippen LogP contribution in [0.25, 0.3) is 0 Å². The lowest BCUT2D eigenvalue weighted by molar-refractivity contribution is -0.139. The molecule has 0 aliphatic heterocycles. The van der Waals surface area contributed by atoms with Gasteiger partial charge in [-0.05, 0) is 49.2 Å². The first kappa shape index (κ1) is 28.3. The predicted molar refractivity (Wildman–Crippen MR) is 137 cm³/mol. The van der Waals surface area contributed by atoms with E-state index in [1.165, 1.54) is 30.2 Å². The van der Waals surface area contributed by atoms with Crippen LogP contribution in [0, 0.1) is 0 Å². The molecule has 0 saturated carbocycles. The summed E-state index contributed by atoms with van der Waals surface area (Å²) in [6.45, 7) is 3.59. The summed E-state index contributed by atoms with van der Waals surface area (Å²) in [5, 5.41) is 2.99. The van der Waals surface area contributed by atoms with Gasteiger partial charge in [-0.3, -0.25) is 13.9 Å². The maximum absolute atomic E-state index is 13.5. The Bertz CT molecular complexity index is 1120. The van der Waals surface area contributed by atoms with Gasteiger partial charge < -0.3 is 19.7 Å². The molecule has 11 heteroatoms. The average molecular weight is 526 g/mol. The predicted octanol–water partition coefficient (Wildman–Crippen LogP) is 3.07. The van der Waals surface area contributed by atoms with E-state index in [9.17, 15) is 18.0 Å². The molecule has 192 valence electrons. The fourth-order valence-corrected chi connectivity index (χ4v) is 4.42. The van der Waals surface area contributed by atoms with E-state index in [4.69, 9.17) is 21.1 Å². The number of amides is 2. The zero-order chi connectivity index (χ0) is 26.2. The molecule has 0 aromatic heterocycles. The van der Waals surface area contributed by atoms with Crippen molar-refractivity contribution in [2.45, 2.75) is 32.9 Å². The highest BCUT2D eigenvalue weighted by molar-refractivity contribution is 7.92. The minimum absolute atomic E-state index is 0.102. The Balaban J connectivity index is 2.39. The third kappa shape index (κ3) is 7.76. The van der Waals surface area contributed by atoms with E-state index in [1.807, 2.05) is 6.92 Å². The Morgan fingerprint density at radius 3 is 2.26 bits per heavy atom. The second kappa shape index (κ2) is 12.6. The van der Waals surface area contributed by atoms with Crippen LogP contribution in [0.2, 0.25) is 5.02 Å². The SMILES string of the molecule is CCCNC(=O)[C@@H](C)N(Cc1ccc(OC)cc1)C(=O)CN(c1ccc(OC)c(Cl)c1)S(C)(=O)=O. The number of hydrogen-bond donors (Lipinski definition) is 1. The molecule has 2 rings (SSSR count). The number of benzene rings is 2. The summed E-state index contributed by atoms with van der Waals surface area (Å²) >= 11 is 6.19. The summed E-state index contributed by atoms with van der Waals surface area (Å²) in [5.41, 5.74) is 0.965. The molecule has 0 bridgehead atoms. The fourth-order valence-electron chi connectivity index (χ4n) is 3.33. The largest absolute Gasteiger partial charge is 0.497 e. The number of nitrogens with one attached hydrogen (secondary N) is 1. The van der Waals surface area contributed by atoms with Gasteiger partial charge in [0.25, 0.3) is 0 Å². The van der Waals surface area contributed by atoms with Crippen molar-refractivity contribution < 1.29 is 27.5 Å². The van der Waals surface area contributed by atoms with Crippen molar-refractivity contribution in [3.05, 3.63) is 53.1 Å². The second-order valence-corrected chi connectivity index (χ2v) is 10.2. The number of carbonyl (C=O) groups excluding carboxylic acids is 2. The van der Waals surface area contributed by atoms with Gasteiger partial charge in [0, 0.05) is 13.1 Å². The topological polar surface area (TPSA) is 105 Å². The molecule has 0 unspecified atom stereocenters. The van der Waals surface area contributed by atoms with Crippen molar-refractivity contribution in [3.8, 4) is 11.5 Å². The molecule has 0 aliphatic carbocycles. The van der Waals surface area contributed by atoms with E-state index in [0.29, 0.717) is 18.0 Å². The lowest BCUT2D eigenvalue weighted by Crippen LogP contribution is -2.51. The van der Waals surface area contributed by atoms with E-state index in [2.05, 4.69) is 5.32 Å². The quantitative estimate of drug-likeness (QED) is 0.456. The molecule has 1 atom stereocenters. The number of hydrogen-bond acceptors (Lipinski definition) is 6. The molecular formula is C24H32ClN3O6S. The van der Waals surface area contributed by atoms with E-state index in [-0.39, 0.29) is 23.2 Å². The van der Waals surface area contributed by atoms with Crippen molar-refractivity contribution in [1.29, 1.82) is 0 Å². The zero-order valence-corrected chi connectivity index (χ0v) is 22.1. The molecule has 2 aromatic carbocycles. The third-order valence-electron chi connectivity index (χ3n) is 5.33. The Morgan fingerprint density at radius 2 is 1.74 bits per heavy atom. The number of nitrogens with zero attached hydrogens (tertiary/aromatic N) is 2. The number of methoxy groups -OCH3 is 2. The number of carbonyl (C=O) groups is 2. The van der Waals surface area contributed by atoms with Crippen molar-refractivity contribution in [1.82, 2.24) is 10.2 Å². The molecule has 0 fully saturated rings. The monoisotopic (exact) mass is 525 g/mol. The van der Waals surface area contributed by atoms with Crippen LogP contribution in [0.4, 0.5) is 5.69 Å². The highest BCUT2D eigenvalue weighted by Crippen LogP contribution is 2.30. The van der Waals surface area contributed by atoms with E-state index >= 15 is 0 Å². The van der Waals surface area contributed by atoms with Crippen LogP contribution in [-0.4, -0.2) is 64.7 Å². The fraction of sp³-hybridized carbons (Fsp3) is 0.417. The molecule has 0 radical (unpaired) electrons. The molecule has 2 amide bonds. The number of ether oxygens (including phenoxy) is 2. The lowest BCUT2D eigenvalue weighted by Gasteiger charge is -2.31. The first-order chi connectivity index (χ1) is 16.5. The summed E-state index contributed by atoms with van der Waals surface area (Å²) < 4.78 is 36.5. The summed E-state index contributed by atoms with van der Waals surface area (Å²) in [7, 11) is -0.859. The zero-order valence-electron chi connectivity index (χ0n) is 20.6. The maximum Gasteiger partial charge on any atom is 0.244 e. The molecular weight excluding hydrogens is 494 g/mol. The van der Waals surface area contributed by atoms with Gasteiger partial charge in [-0.2, -0.15) is 0 Å². The van der Waals surface area contributed by atoms with E-state index < -0.39 is 28.5 Å². The van der Waals surface area contributed by atoms with Gasteiger partial charge in [0.15, 0.2) is 0 Å². The Morgan fingerprint density at radius 1 is 1.09 bits per heavy atom. The van der Waals surface area contributed by atoms with Crippen molar-refractivity contribution in [2.24, 2.45) is 0 Å². The molecule has 9 nitrogen and oxygen atoms in total. The average Bonchev–Trinajstić information content (AvgIpc) is 2.83. The van der Waals surface area contributed by atoms with Crippen LogP contribution >= 0.6 is 11.6 Å². The van der Waals surface area contributed by atoms with E-state index in [1.54, 1.807) is 38.3 Å². The number of halogens is 1. The van der Waals surface area contributed by atoms with Crippen LogP contribution in [0.3, 0.4) is 0 Å². The van der Waals surface area contributed by atoms with Crippen molar-refractivity contribution in [3.63, 3.8) is 0 Å². The molecule has 1 N–H and O–H groups in total. The van der Waals surface area contributed by atoms with Crippen LogP contribution in [0.1, 0.15) is 25.8 Å². The minimum Gasteiger partial charge on any atom is -0.497 e. The van der Waals surface area contributed by atoms with Crippen LogP contribution < -0.4 is 19.1 Å². The normalized spacial score (nSPS) is 11.9. The van der Waals surface area contributed by atoms with Gasteiger partial charge in [0.2, 0.25) is 21.8 Å². The van der Waals surface area contributed by atoms with Gasteiger partial charge in [-0.1, -0.05) is 30.7 Å². The highest BCUT2D eigenvalue weighted by Gasteiger charge is 2.30. The first-order valence-electron chi connectivity index (χ1n) is 11.0. The van der Waals surface area contributed by atoms with Crippen molar-refractivity contribution >= 4 is 39.1 Å². The van der Waals surface area contributed by atoms with Crippen LogP contribution in [-0.2, 0) is 26.2 Å². The molecule has 35 heavy (non-hydrogen) atoms. The molecule has 0 spiro atoms. The Kier molecular flexibility index (Phi) is 10.2. The third-order valence-corrected chi connectivity index (χ3v) is 6.77. The molecule has 2 aromatic rings. The van der Waals surface area contributed by atoms with Gasteiger partial charge in [0.1, 0.15) is 24.1 Å². The van der Waals surface area contributed by atoms with Crippen LogP contribution in [0.15, 0.2) is 42.5 Å². The number of rotatable bonds is 12.